The Hall–Kier alpha value is -1.75. The van der Waals surface area contributed by atoms with E-state index in [4.69, 9.17) is 15.2 Å². The molecule has 1 aromatic carbocycles. The van der Waals surface area contributed by atoms with E-state index in [-0.39, 0.29) is 12.5 Å². The number of anilines is 1. The Kier molecular flexibility index (Phi) is 5.03. The normalized spacial score (nSPS) is 18.2. The molecule has 5 heteroatoms. The van der Waals surface area contributed by atoms with Crippen LogP contribution in [0.1, 0.15) is 12.8 Å². The number of nitrogens with one attached hydrogen (secondary N) is 1. The quantitative estimate of drug-likeness (QED) is 0.757. The summed E-state index contributed by atoms with van der Waals surface area (Å²) < 4.78 is 10.6. The van der Waals surface area contributed by atoms with E-state index in [1.807, 2.05) is 12.1 Å². The number of carbonyl (C=O) groups is 1. The largest absolute Gasteiger partial charge is 0.482 e. The fraction of sp³-hybridized carbons (Fsp3) is 0.500. The summed E-state index contributed by atoms with van der Waals surface area (Å²) in [6.45, 7) is 2.32. The third-order valence-electron chi connectivity index (χ3n) is 3.18. The molecule has 0 radical (unpaired) electrons. The molecule has 1 fully saturated rings. The second-order valence-corrected chi connectivity index (χ2v) is 4.69. The lowest BCUT2D eigenvalue weighted by Crippen LogP contribution is -2.30. The van der Waals surface area contributed by atoms with E-state index in [1.165, 1.54) is 0 Å². The van der Waals surface area contributed by atoms with Crippen LogP contribution in [0.3, 0.4) is 0 Å². The van der Waals surface area contributed by atoms with Crippen molar-refractivity contribution in [3.05, 3.63) is 24.3 Å². The van der Waals surface area contributed by atoms with Crippen LogP contribution in [0.4, 0.5) is 5.69 Å². The molecule has 3 N–H and O–H groups in total. The second-order valence-electron chi connectivity index (χ2n) is 4.69. The van der Waals surface area contributed by atoms with E-state index in [0.717, 1.165) is 26.1 Å². The van der Waals surface area contributed by atoms with Gasteiger partial charge >= 0.3 is 0 Å². The Morgan fingerprint density at radius 3 is 3.05 bits per heavy atom. The number of hydrogen-bond donors (Lipinski definition) is 2. The van der Waals surface area contributed by atoms with Crippen molar-refractivity contribution in [2.45, 2.75) is 12.8 Å². The maximum Gasteiger partial charge on any atom is 0.257 e. The van der Waals surface area contributed by atoms with Crippen molar-refractivity contribution in [1.82, 2.24) is 5.32 Å². The fourth-order valence-corrected chi connectivity index (χ4v) is 2.03. The third-order valence-corrected chi connectivity index (χ3v) is 3.18. The van der Waals surface area contributed by atoms with Crippen LogP contribution < -0.4 is 15.8 Å². The van der Waals surface area contributed by atoms with Crippen LogP contribution in [0.25, 0.3) is 0 Å². The van der Waals surface area contributed by atoms with Crippen LogP contribution in [0.5, 0.6) is 5.75 Å². The summed E-state index contributed by atoms with van der Waals surface area (Å²) in [7, 11) is 0. The molecule has 1 aliphatic rings. The van der Waals surface area contributed by atoms with Crippen molar-refractivity contribution in [1.29, 1.82) is 0 Å². The summed E-state index contributed by atoms with van der Waals surface area (Å²) in [5.41, 5.74) is 6.26. The number of para-hydroxylation sites is 2. The van der Waals surface area contributed by atoms with Crippen LogP contribution in [-0.4, -0.2) is 32.3 Å². The standard InChI is InChI=1S/C14H20N2O3/c15-12-3-1-2-4-13(12)19-10-14(17)16-7-5-11-6-8-18-9-11/h1-4,11H,5-10,15H2,(H,16,17). The maximum absolute atomic E-state index is 11.6. The topological polar surface area (TPSA) is 73.6 Å². The van der Waals surface area contributed by atoms with Gasteiger partial charge in [-0.1, -0.05) is 12.1 Å². The molecule has 0 spiro atoms. The van der Waals surface area contributed by atoms with Gasteiger partial charge in [-0.2, -0.15) is 0 Å². The fourth-order valence-electron chi connectivity index (χ4n) is 2.03. The molecule has 0 aromatic heterocycles. The van der Waals surface area contributed by atoms with E-state index < -0.39 is 0 Å². The van der Waals surface area contributed by atoms with Crippen LogP contribution in [-0.2, 0) is 9.53 Å². The monoisotopic (exact) mass is 264 g/mol. The summed E-state index contributed by atoms with van der Waals surface area (Å²) in [6.07, 6.45) is 2.05. The molecule has 1 aliphatic heterocycles. The predicted molar refractivity (Wildman–Crippen MR) is 72.9 cm³/mol. The molecular formula is C14H20N2O3. The van der Waals surface area contributed by atoms with Gasteiger partial charge in [-0.25, -0.2) is 0 Å². The van der Waals surface area contributed by atoms with Gasteiger partial charge in [0.1, 0.15) is 5.75 Å². The van der Waals surface area contributed by atoms with Crippen molar-refractivity contribution in [2.24, 2.45) is 5.92 Å². The van der Waals surface area contributed by atoms with E-state index in [1.54, 1.807) is 12.1 Å². The molecule has 1 aromatic rings. The lowest BCUT2D eigenvalue weighted by atomic mass is 10.1. The summed E-state index contributed by atoms with van der Waals surface area (Å²) >= 11 is 0. The van der Waals surface area contributed by atoms with Gasteiger partial charge in [0.15, 0.2) is 6.61 Å². The zero-order valence-electron chi connectivity index (χ0n) is 10.9. The van der Waals surface area contributed by atoms with Crippen molar-refractivity contribution < 1.29 is 14.3 Å². The minimum atomic E-state index is -0.123. The highest BCUT2D eigenvalue weighted by Gasteiger charge is 2.15. The number of rotatable bonds is 6. The molecular weight excluding hydrogens is 244 g/mol. The number of amides is 1. The summed E-state index contributed by atoms with van der Waals surface area (Å²) in [5, 5.41) is 2.84. The van der Waals surface area contributed by atoms with Gasteiger partial charge in [0, 0.05) is 19.8 Å². The molecule has 1 atom stereocenters. The highest BCUT2D eigenvalue weighted by molar-refractivity contribution is 5.77. The smallest absolute Gasteiger partial charge is 0.257 e. The molecule has 1 unspecified atom stereocenters. The zero-order valence-corrected chi connectivity index (χ0v) is 10.9. The first kappa shape index (κ1) is 13.7. The molecule has 0 saturated carbocycles. The molecule has 1 heterocycles. The van der Waals surface area contributed by atoms with Gasteiger partial charge in [-0.15, -0.1) is 0 Å². The van der Waals surface area contributed by atoms with Crippen molar-refractivity contribution in [3.8, 4) is 5.75 Å². The molecule has 0 bridgehead atoms. The Morgan fingerprint density at radius 2 is 2.32 bits per heavy atom. The van der Waals surface area contributed by atoms with E-state index in [0.29, 0.717) is 23.9 Å². The van der Waals surface area contributed by atoms with Gasteiger partial charge in [0.25, 0.3) is 5.91 Å². The Morgan fingerprint density at radius 1 is 1.47 bits per heavy atom. The van der Waals surface area contributed by atoms with Crippen molar-refractivity contribution in [2.75, 3.05) is 32.1 Å². The average molecular weight is 264 g/mol. The number of hydrogen-bond acceptors (Lipinski definition) is 4. The Balaban J connectivity index is 1.63. The van der Waals surface area contributed by atoms with Crippen molar-refractivity contribution in [3.63, 3.8) is 0 Å². The number of ether oxygens (including phenoxy) is 2. The average Bonchev–Trinajstić information content (AvgIpc) is 2.91. The molecule has 19 heavy (non-hydrogen) atoms. The van der Waals surface area contributed by atoms with Crippen molar-refractivity contribution >= 4 is 11.6 Å². The summed E-state index contributed by atoms with van der Waals surface area (Å²) in [6, 6.07) is 7.14. The lowest BCUT2D eigenvalue weighted by molar-refractivity contribution is -0.123. The van der Waals surface area contributed by atoms with E-state index in [9.17, 15) is 4.79 Å². The first-order valence-corrected chi connectivity index (χ1v) is 6.57. The predicted octanol–water partition coefficient (Wildman–Crippen LogP) is 1.19. The lowest BCUT2D eigenvalue weighted by Gasteiger charge is -2.10. The summed E-state index contributed by atoms with van der Waals surface area (Å²) in [5.74, 6) is 0.995. The van der Waals surface area contributed by atoms with Gasteiger partial charge in [-0.3, -0.25) is 4.79 Å². The Bertz CT molecular complexity index is 417. The minimum absolute atomic E-state index is 0.00458. The first-order chi connectivity index (χ1) is 9.25. The number of nitrogen functional groups attached to an aromatic ring is 1. The first-order valence-electron chi connectivity index (χ1n) is 6.57. The Labute approximate surface area is 113 Å². The van der Waals surface area contributed by atoms with E-state index >= 15 is 0 Å². The van der Waals surface area contributed by atoms with Gasteiger partial charge in [0.05, 0.1) is 5.69 Å². The van der Waals surface area contributed by atoms with Gasteiger partial charge in [0.2, 0.25) is 0 Å². The number of nitrogens with two attached hydrogens (primary N) is 1. The third kappa shape index (κ3) is 4.44. The summed E-state index contributed by atoms with van der Waals surface area (Å²) in [4.78, 5) is 11.6. The molecule has 1 saturated heterocycles. The van der Waals surface area contributed by atoms with Gasteiger partial charge in [-0.05, 0) is 30.9 Å². The SMILES string of the molecule is Nc1ccccc1OCC(=O)NCCC1CCOC1. The molecule has 104 valence electrons. The number of benzene rings is 1. The molecule has 0 aliphatic carbocycles. The van der Waals surface area contributed by atoms with Crippen LogP contribution in [0.2, 0.25) is 0 Å². The van der Waals surface area contributed by atoms with Crippen LogP contribution in [0, 0.1) is 5.92 Å². The highest BCUT2D eigenvalue weighted by atomic mass is 16.5. The van der Waals surface area contributed by atoms with Gasteiger partial charge < -0.3 is 20.5 Å². The molecule has 5 nitrogen and oxygen atoms in total. The van der Waals surface area contributed by atoms with Crippen LogP contribution in [0.15, 0.2) is 24.3 Å². The molecule has 2 rings (SSSR count). The highest BCUT2D eigenvalue weighted by Crippen LogP contribution is 2.19. The number of carbonyl (C=O) groups excluding carboxylic acids is 1. The zero-order chi connectivity index (χ0) is 13.5. The van der Waals surface area contributed by atoms with Crippen LogP contribution >= 0.6 is 0 Å². The maximum atomic E-state index is 11.6. The molecule has 1 amide bonds. The second kappa shape index (κ2) is 6.99. The van der Waals surface area contributed by atoms with E-state index in [2.05, 4.69) is 5.32 Å². The minimum Gasteiger partial charge on any atom is -0.482 e.